The maximum Gasteiger partial charge on any atom is 0.231 e. The van der Waals surface area contributed by atoms with E-state index < -0.39 is 0 Å². The maximum atomic E-state index is 4.58. The zero-order valence-corrected chi connectivity index (χ0v) is 13.8. The Bertz CT molecular complexity index is 453. The van der Waals surface area contributed by atoms with Crippen LogP contribution in [0.5, 0.6) is 0 Å². The number of piperidine rings is 1. The second-order valence-corrected chi connectivity index (χ2v) is 5.87. The van der Waals surface area contributed by atoms with Crippen LogP contribution < -0.4 is 15.1 Å². The summed E-state index contributed by atoms with van der Waals surface area (Å²) in [5.41, 5.74) is 0. The van der Waals surface area contributed by atoms with E-state index in [0.29, 0.717) is 17.9 Å². The molecule has 0 atom stereocenters. The van der Waals surface area contributed by atoms with Gasteiger partial charge in [-0.3, -0.25) is 0 Å². The lowest BCUT2D eigenvalue weighted by Gasteiger charge is -2.35. The maximum absolute atomic E-state index is 4.58. The Labute approximate surface area is 127 Å². The van der Waals surface area contributed by atoms with E-state index in [4.69, 9.17) is 0 Å². The quantitative estimate of drug-likeness (QED) is 0.865. The van der Waals surface area contributed by atoms with E-state index in [0.717, 1.165) is 38.4 Å². The Balaban J connectivity index is 2.15. The van der Waals surface area contributed by atoms with Gasteiger partial charge in [-0.25, -0.2) is 0 Å². The first-order valence-electron chi connectivity index (χ1n) is 7.60. The lowest BCUT2D eigenvalue weighted by Crippen LogP contribution is -2.42. The molecule has 0 aromatic carbocycles. The molecule has 1 N–H and O–H groups in total. The molecule has 0 amide bonds. The molecular weight excluding hydrogens is 266 g/mol. The normalized spacial score (nSPS) is 16.4. The van der Waals surface area contributed by atoms with E-state index in [9.17, 15) is 0 Å². The van der Waals surface area contributed by atoms with Crippen molar-refractivity contribution in [3.8, 4) is 0 Å². The largest absolute Gasteiger partial charge is 0.354 e. The second-order valence-electron chi connectivity index (χ2n) is 5.87. The Morgan fingerprint density at radius 3 is 2.29 bits per heavy atom. The molecule has 118 valence electrons. The molecule has 0 saturated carbocycles. The van der Waals surface area contributed by atoms with Crippen molar-refractivity contribution >= 4 is 17.8 Å². The zero-order chi connectivity index (χ0) is 15.4. The molecule has 2 heterocycles. The minimum Gasteiger partial charge on any atom is -0.354 e. The monoisotopic (exact) mass is 293 g/mol. The van der Waals surface area contributed by atoms with Crippen LogP contribution in [-0.4, -0.2) is 73.7 Å². The molecule has 0 aliphatic carbocycles. The van der Waals surface area contributed by atoms with Crippen LogP contribution in [0.15, 0.2) is 0 Å². The van der Waals surface area contributed by atoms with Gasteiger partial charge in [-0.1, -0.05) is 0 Å². The highest BCUT2D eigenvalue weighted by Gasteiger charge is 2.23. The highest BCUT2D eigenvalue weighted by atomic mass is 15.4. The zero-order valence-electron chi connectivity index (χ0n) is 13.8. The summed E-state index contributed by atoms with van der Waals surface area (Å²) in [4.78, 5) is 20.0. The minimum atomic E-state index is 0.654. The molecule has 1 aliphatic rings. The summed E-state index contributed by atoms with van der Waals surface area (Å²) in [6.07, 6.45) is 2.29. The van der Waals surface area contributed by atoms with Crippen LogP contribution in [0, 0.1) is 0 Å². The van der Waals surface area contributed by atoms with Crippen molar-refractivity contribution in [3.05, 3.63) is 0 Å². The summed E-state index contributed by atoms with van der Waals surface area (Å²) < 4.78 is 0. The fourth-order valence-corrected chi connectivity index (χ4v) is 2.51. The van der Waals surface area contributed by atoms with E-state index in [1.54, 1.807) is 0 Å². The molecule has 1 fully saturated rings. The number of aromatic nitrogens is 3. The van der Waals surface area contributed by atoms with Crippen LogP contribution in [0.25, 0.3) is 0 Å². The van der Waals surface area contributed by atoms with E-state index >= 15 is 0 Å². The van der Waals surface area contributed by atoms with Gasteiger partial charge >= 0.3 is 0 Å². The summed E-state index contributed by atoms with van der Waals surface area (Å²) in [5.74, 6) is 2.13. The summed E-state index contributed by atoms with van der Waals surface area (Å²) >= 11 is 0. The standard InChI is InChI=1S/C14H27N7/c1-6-15-12-16-13(20(4)5)18-14(17-12)21-9-7-11(8-10-21)19(2)3/h11H,6-10H2,1-5H3,(H,15,16,17,18). The van der Waals surface area contributed by atoms with Crippen molar-refractivity contribution in [2.45, 2.75) is 25.8 Å². The fraction of sp³-hybridized carbons (Fsp3) is 0.786. The summed E-state index contributed by atoms with van der Waals surface area (Å²) in [7, 11) is 8.20. The van der Waals surface area contributed by atoms with Crippen molar-refractivity contribution in [2.24, 2.45) is 0 Å². The van der Waals surface area contributed by atoms with Gasteiger partial charge in [0, 0.05) is 39.8 Å². The third-order valence-corrected chi connectivity index (χ3v) is 3.82. The minimum absolute atomic E-state index is 0.654. The van der Waals surface area contributed by atoms with Crippen LogP contribution in [0.3, 0.4) is 0 Å². The van der Waals surface area contributed by atoms with Gasteiger partial charge in [0.25, 0.3) is 0 Å². The van der Waals surface area contributed by atoms with Gasteiger partial charge in [0.05, 0.1) is 0 Å². The summed E-state index contributed by atoms with van der Waals surface area (Å²) in [5, 5.41) is 3.19. The van der Waals surface area contributed by atoms with Gasteiger partial charge in [-0.05, 0) is 33.9 Å². The summed E-state index contributed by atoms with van der Waals surface area (Å²) in [6, 6.07) is 0.657. The molecule has 2 rings (SSSR count). The predicted octanol–water partition coefficient (Wildman–Crippen LogP) is 0.900. The van der Waals surface area contributed by atoms with Crippen LogP contribution in [0.2, 0.25) is 0 Å². The Hall–Kier alpha value is -1.63. The van der Waals surface area contributed by atoms with Crippen molar-refractivity contribution in [1.29, 1.82) is 0 Å². The number of hydrogen-bond acceptors (Lipinski definition) is 7. The van der Waals surface area contributed by atoms with Gasteiger partial charge in [-0.15, -0.1) is 0 Å². The Morgan fingerprint density at radius 1 is 1.10 bits per heavy atom. The van der Waals surface area contributed by atoms with Crippen molar-refractivity contribution < 1.29 is 0 Å². The van der Waals surface area contributed by atoms with Crippen LogP contribution in [0.4, 0.5) is 17.8 Å². The summed E-state index contributed by atoms with van der Waals surface area (Å²) in [6.45, 7) is 4.83. The molecule has 7 heteroatoms. The lowest BCUT2D eigenvalue weighted by atomic mass is 10.0. The predicted molar refractivity (Wildman–Crippen MR) is 87.2 cm³/mol. The molecule has 0 radical (unpaired) electrons. The highest BCUT2D eigenvalue weighted by molar-refractivity contribution is 5.44. The van der Waals surface area contributed by atoms with Gasteiger partial charge < -0.3 is 20.0 Å². The average molecular weight is 293 g/mol. The molecule has 1 aromatic heterocycles. The molecule has 21 heavy (non-hydrogen) atoms. The van der Waals surface area contributed by atoms with Gasteiger partial charge in [-0.2, -0.15) is 15.0 Å². The number of rotatable bonds is 5. The number of nitrogens with one attached hydrogen (secondary N) is 1. The molecule has 0 spiro atoms. The van der Waals surface area contributed by atoms with Crippen molar-refractivity contribution in [2.75, 3.05) is 62.9 Å². The number of anilines is 3. The smallest absolute Gasteiger partial charge is 0.231 e. The van der Waals surface area contributed by atoms with Crippen LogP contribution in [-0.2, 0) is 0 Å². The first-order chi connectivity index (χ1) is 10.0. The third-order valence-electron chi connectivity index (χ3n) is 3.82. The van der Waals surface area contributed by atoms with Gasteiger partial charge in [0.1, 0.15) is 0 Å². The molecular formula is C14H27N7. The first kappa shape index (κ1) is 15.8. The highest BCUT2D eigenvalue weighted by Crippen LogP contribution is 2.21. The number of nitrogens with zero attached hydrogens (tertiary/aromatic N) is 6. The molecule has 1 saturated heterocycles. The van der Waals surface area contributed by atoms with Crippen molar-refractivity contribution in [1.82, 2.24) is 19.9 Å². The third kappa shape index (κ3) is 3.93. The van der Waals surface area contributed by atoms with E-state index in [1.807, 2.05) is 25.9 Å². The van der Waals surface area contributed by atoms with Crippen molar-refractivity contribution in [3.63, 3.8) is 0 Å². The van der Waals surface area contributed by atoms with Gasteiger partial charge in [0.2, 0.25) is 17.8 Å². The van der Waals surface area contributed by atoms with E-state index in [1.165, 1.54) is 0 Å². The second kappa shape index (κ2) is 6.89. The molecule has 7 nitrogen and oxygen atoms in total. The Kier molecular flexibility index (Phi) is 5.17. The first-order valence-corrected chi connectivity index (χ1v) is 7.60. The van der Waals surface area contributed by atoms with Gasteiger partial charge in [0.15, 0.2) is 0 Å². The number of hydrogen-bond donors (Lipinski definition) is 1. The SMILES string of the molecule is CCNc1nc(N(C)C)nc(N2CCC(N(C)C)CC2)n1. The molecule has 0 unspecified atom stereocenters. The van der Waals surface area contributed by atoms with E-state index in [2.05, 4.69) is 44.2 Å². The molecule has 1 aliphatic heterocycles. The molecule has 1 aromatic rings. The Morgan fingerprint density at radius 2 is 1.76 bits per heavy atom. The lowest BCUT2D eigenvalue weighted by molar-refractivity contribution is 0.249. The van der Waals surface area contributed by atoms with Crippen LogP contribution in [0.1, 0.15) is 19.8 Å². The average Bonchev–Trinajstić information content (AvgIpc) is 2.47. The van der Waals surface area contributed by atoms with E-state index in [-0.39, 0.29) is 0 Å². The van der Waals surface area contributed by atoms with Crippen LogP contribution >= 0.6 is 0 Å². The molecule has 0 bridgehead atoms. The topological polar surface area (TPSA) is 60.4 Å². The fourth-order valence-electron chi connectivity index (χ4n) is 2.51.